The lowest BCUT2D eigenvalue weighted by Crippen LogP contribution is -2.41. The van der Waals surface area contributed by atoms with Gasteiger partial charge in [-0.1, -0.05) is 30.3 Å². The van der Waals surface area contributed by atoms with E-state index < -0.39 is 0 Å². The van der Waals surface area contributed by atoms with E-state index >= 15 is 0 Å². The molecular formula is C23H27N5O3. The van der Waals surface area contributed by atoms with Crippen molar-refractivity contribution in [2.24, 2.45) is 0 Å². The van der Waals surface area contributed by atoms with Crippen LogP contribution in [-0.4, -0.2) is 70.2 Å². The standard InChI is InChI=1S/C23H27N5O3/c29-20(24-11-6-14-27-12-5-10-21(27)30)16-28-13-4-9-19-18(23(28)31)15-25-22(26-19)17-7-2-1-3-8-17/h1-3,7-8,15H,4-6,9-14,16H2,(H,24,29). The van der Waals surface area contributed by atoms with Crippen molar-refractivity contribution >= 4 is 17.7 Å². The van der Waals surface area contributed by atoms with Gasteiger partial charge in [0.25, 0.3) is 5.91 Å². The molecule has 0 unspecified atom stereocenters. The number of carbonyl (C=O) groups is 3. The van der Waals surface area contributed by atoms with Crippen molar-refractivity contribution < 1.29 is 14.4 Å². The number of nitrogens with one attached hydrogen (secondary N) is 1. The molecule has 1 saturated heterocycles. The van der Waals surface area contributed by atoms with E-state index in [2.05, 4.69) is 15.3 Å². The molecule has 1 N–H and O–H groups in total. The number of nitrogens with zero attached hydrogens (tertiary/aromatic N) is 4. The molecule has 31 heavy (non-hydrogen) atoms. The topological polar surface area (TPSA) is 95.5 Å². The minimum absolute atomic E-state index is 0.0152. The van der Waals surface area contributed by atoms with E-state index in [0.717, 1.165) is 30.6 Å². The van der Waals surface area contributed by atoms with E-state index in [4.69, 9.17) is 0 Å². The number of aryl methyl sites for hydroxylation is 1. The van der Waals surface area contributed by atoms with E-state index in [9.17, 15) is 14.4 Å². The first kappa shape index (κ1) is 21.0. The number of rotatable bonds is 7. The molecule has 2 aliphatic heterocycles. The van der Waals surface area contributed by atoms with E-state index in [1.165, 1.54) is 0 Å². The number of hydrogen-bond donors (Lipinski definition) is 1. The van der Waals surface area contributed by atoms with Crippen molar-refractivity contribution in [1.29, 1.82) is 0 Å². The van der Waals surface area contributed by atoms with E-state index in [-0.39, 0.29) is 24.3 Å². The Morgan fingerprint density at radius 2 is 1.81 bits per heavy atom. The Morgan fingerprint density at radius 3 is 2.58 bits per heavy atom. The normalized spacial score (nSPS) is 16.3. The van der Waals surface area contributed by atoms with Crippen LogP contribution in [-0.2, 0) is 16.0 Å². The number of amides is 3. The lowest BCUT2D eigenvalue weighted by Gasteiger charge is -2.20. The van der Waals surface area contributed by atoms with Crippen LogP contribution in [0.2, 0.25) is 0 Å². The molecule has 4 rings (SSSR count). The molecule has 8 nitrogen and oxygen atoms in total. The SMILES string of the molecule is O=C(CN1CCCc2nc(-c3ccccc3)ncc2C1=O)NCCCN1CCCC1=O. The fourth-order valence-electron chi connectivity index (χ4n) is 4.04. The van der Waals surface area contributed by atoms with Crippen LogP contribution in [0, 0.1) is 0 Å². The number of carbonyl (C=O) groups excluding carboxylic acids is 3. The van der Waals surface area contributed by atoms with Gasteiger partial charge < -0.3 is 15.1 Å². The average molecular weight is 422 g/mol. The fraction of sp³-hybridized carbons (Fsp3) is 0.435. The molecule has 0 saturated carbocycles. The zero-order valence-corrected chi connectivity index (χ0v) is 17.5. The molecule has 8 heteroatoms. The summed E-state index contributed by atoms with van der Waals surface area (Å²) in [4.78, 5) is 49.4. The second-order valence-corrected chi connectivity index (χ2v) is 7.94. The molecule has 0 spiro atoms. The summed E-state index contributed by atoms with van der Waals surface area (Å²) in [5.41, 5.74) is 2.11. The second-order valence-electron chi connectivity index (χ2n) is 7.94. The predicted octanol–water partition coefficient (Wildman–Crippen LogP) is 1.66. The average Bonchev–Trinajstić information content (AvgIpc) is 3.13. The molecule has 2 aliphatic rings. The smallest absolute Gasteiger partial charge is 0.257 e. The van der Waals surface area contributed by atoms with E-state index in [1.807, 2.05) is 35.2 Å². The van der Waals surface area contributed by atoms with Crippen LogP contribution in [0.25, 0.3) is 11.4 Å². The molecule has 3 heterocycles. The molecule has 2 aromatic rings. The summed E-state index contributed by atoms with van der Waals surface area (Å²) in [6.45, 7) is 2.48. The van der Waals surface area contributed by atoms with Gasteiger partial charge in [0.2, 0.25) is 11.8 Å². The Hall–Kier alpha value is -3.29. The summed E-state index contributed by atoms with van der Waals surface area (Å²) in [5.74, 6) is 0.406. The van der Waals surface area contributed by atoms with Crippen LogP contribution in [0.1, 0.15) is 41.7 Å². The molecule has 162 valence electrons. The van der Waals surface area contributed by atoms with Crippen molar-refractivity contribution in [2.75, 3.05) is 32.7 Å². The first-order valence-corrected chi connectivity index (χ1v) is 10.9. The molecule has 0 aliphatic carbocycles. The van der Waals surface area contributed by atoms with Crippen LogP contribution < -0.4 is 5.32 Å². The zero-order chi connectivity index (χ0) is 21.6. The molecule has 1 aromatic heterocycles. The highest BCUT2D eigenvalue weighted by molar-refractivity contribution is 5.97. The number of likely N-dealkylation sites (tertiary alicyclic amines) is 1. The summed E-state index contributed by atoms with van der Waals surface area (Å²) in [7, 11) is 0. The van der Waals surface area contributed by atoms with Crippen LogP contribution >= 0.6 is 0 Å². The monoisotopic (exact) mass is 421 g/mol. The van der Waals surface area contributed by atoms with Crippen LogP contribution in [0.3, 0.4) is 0 Å². The van der Waals surface area contributed by atoms with Crippen molar-refractivity contribution in [3.63, 3.8) is 0 Å². The maximum Gasteiger partial charge on any atom is 0.257 e. The first-order valence-electron chi connectivity index (χ1n) is 10.9. The van der Waals surface area contributed by atoms with Gasteiger partial charge in [0.15, 0.2) is 5.82 Å². The van der Waals surface area contributed by atoms with E-state index in [1.54, 1.807) is 11.1 Å². The first-order chi connectivity index (χ1) is 15.1. The fourth-order valence-corrected chi connectivity index (χ4v) is 4.04. The lowest BCUT2D eigenvalue weighted by atomic mass is 10.1. The third-order valence-corrected chi connectivity index (χ3v) is 5.69. The molecule has 0 atom stereocenters. The second kappa shape index (κ2) is 9.68. The third-order valence-electron chi connectivity index (χ3n) is 5.69. The van der Waals surface area contributed by atoms with Gasteiger partial charge in [-0.2, -0.15) is 0 Å². The van der Waals surface area contributed by atoms with Gasteiger partial charge in [-0.3, -0.25) is 14.4 Å². The zero-order valence-electron chi connectivity index (χ0n) is 17.5. The van der Waals surface area contributed by atoms with Crippen LogP contribution in [0.4, 0.5) is 0 Å². The van der Waals surface area contributed by atoms with Crippen molar-refractivity contribution in [1.82, 2.24) is 25.1 Å². The third kappa shape index (κ3) is 5.07. The maximum absolute atomic E-state index is 13.0. The van der Waals surface area contributed by atoms with Gasteiger partial charge in [-0.15, -0.1) is 0 Å². The number of fused-ring (bicyclic) bond motifs is 1. The Labute approximate surface area is 181 Å². The van der Waals surface area contributed by atoms with E-state index in [0.29, 0.717) is 50.3 Å². The highest BCUT2D eigenvalue weighted by Gasteiger charge is 2.26. The lowest BCUT2D eigenvalue weighted by molar-refractivity contribution is -0.127. The molecule has 0 radical (unpaired) electrons. The van der Waals surface area contributed by atoms with Crippen molar-refractivity contribution in [3.05, 3.63) is 47.8 Å². The number of hydrogen-bond acceptors (Lipinski definition) is 5. The quantitative estimate of drug-likeness (QED) is 0.686. The van der Waals surface area contributed by atoms with Gasteiger partial charge in [0.05, 0.1) is 17.8 Å². The number of benzene rings is 1. The van der Waals surface area contributed by atoms with Crippen molar-refractivity contribution in [2.45, 2.75) is 32.1 Å². The Kier molecular flexibility index (Phi) is 6.54. The molecule has 0 bridgehead atoms. The summed E-state index contributed by atoms with van der Waals surface area (Å²) in [5, 5.41) is 2.86. The molecular weight excluding hydrogens is 394 g/mol. The van der Waals surface area contributed by atoms with Gasteiger partial charge in [-0.05, 0) is 25.7 Å². The highest BCUT2D eigenvalue weighted by atomic mass is 16.2. The Morgan fingerprint density at radius 1 is 1.03 bits per heavy atom. The maximum atomic E-state index is 13.0. The van der Waals surface area contributed by atoms with Gasteiger partial charge in [-0.25, -0.2) is 9.97 Å². The van der Waals surface area contributed by atoms with Gasteiger partial charge >= 0.3 is 0 Å². The summed E-state index contributed by atoms with van der Waals surface area (Å²) in [6, 6.07) is 9.68. The minimum Gasteiger partial charge on any atom is -0.354 e. The minimum atomic E-state index is -0.204. The highest BCUT2D eigenvalue weighted by Crippen LogP contribution is 2.20. The van der Waals surface area contributed by atoms with Crippen molar-refractivity contribution in [3.8, 4) is 11.4 Å². The number of aromatic nitrogens is 2. The largest absolute Gasteiger partial charge is 0.354 e. The van der Waals surface area contributed by atoms with Gasteiger partial charge in [0.1, 0.15) is 0 Å². The Bertz CT molecular complexity index is 963. The summed E-state index contributed by atoms with van der Waals surface area (Å²) >= 11 is 0. The summed E-state index contributed by atoms with van der Waals surface area (Å²) < 4.78 is 0. The van der Waals surface area contributed by atoms with Crippen LogP contribution in [0.15, 0.2) is 36.5 Å². The Balaban J connectivity index is 1.32. The van der Waals surface area contributed by atoms with Crippen LogP contribution in [0.5, 0.6) is 0 Å². The van der Waals surface area contributed by atoms with Gasteiger partial charge in [0, 0.05) is 44.4 Å². The molecule has 1 fully saturated rings. The molecule has 1 aromatic carbocycles. The molecule has 3 amide bonds. The summed E-state index contributed by atoms with van der Waals surface area (Å²) in [6.07, 6.45) is 5.25. The predicted molar refractivity (Wildman–Crippen MR) is 115 cm³/mol.